The van der Waals surface area contributed by atoms with Crippen molar-refractivity contribution in [2.75, 3.05) is 27.0 Å². The second-order valence-corrected chi connectivity index (χ2v) is 9.30. The Morgan fingerprint density at radius 1 is 1.09 bits per heavy atom. The van der Waals surface area contributed by atoms with Gasteiger partial charge in [0.15, 0.2) is 11.5 Å². The molecular formula is C26H31N3O5. The number of benzene rings is 2. The fourth-order valence-electron chi connectivity index (χ4n) is 5.51. The van der Waals surface area contributed by atoms with Gasteiger partial charge in [-0.2, -0.15) is 0 Å². The van der Waals surface area contributed by atoms with E-state index in [-0.39, 0.29) is 24.6 Å². The number of fused-ring (bicyclic) bond motifs is 1. The number of rotatable bonds is 8. The van der Waals surface area contributed by atoms with Crippen molar-refractivity contribution in [2.24, 2.45) is 5.92 Å². The number of urea groups is 1. The van der Waals surface area contributed by atoms with Crippen LogP contribution < -0.4 is 24.8 Å². The third-order valence-corrected chi connectivity index (χ3v) is 7.26. The molecule has 0 saturated carbocycles. The zero-order chi connectivity index (χ0) is 23.5. The molecule has 5 rings (SSSR count). The molecule has 1 atom stereocenters. The molecular weight excluding hydrogens is 434 g/mol. The van der Waals surface area contributed by atoms with Crippen LogP contribution in [0.3, 0.4) is 0 Å². The van der Waals surface area contributed by atoms with E-state index in [0.29, 0.717) is 23.7 Å². The first-order valence-corrected chi connectivity index (χ1v) is 11.9. The van der Waals surface area contributed by atoms with E-state index in [9.17, 15) is 9.59 Å². The molecule has 0 bridgehead atoms. The van der Waals surface area contributed by atoms with Gasteiger partial charge >= 0.3 is 6.03 Å². The maximum atomic E-state index is 13.0. The number of ether oxygens (including phenoxy) is 3. The fraction of sp³-hybridized carbons (Fsp3) is 0.462. The topological polar surface area (TPSA) is 89.1 Å². The summed E-state index contributed by atoms with van der Waals surface area (Å²) >= 11 is 0. The van der Waals surface area contributed by atoms with Crippen LogP contribution >= 0.6 is 0 Å². The number of carbonyl (C=O) groups excluding carboxylic acids is 2. The molecule has 0 aliphatic carbocycles. The first kappa shape index (κ1) is 22.5. The van der Waals surface area contributed by atoms with E-state index in [1.807, 2.05) is 30.3 Å². The number of hydrogen-bond donors (Lipinski definition) is 2. The van der Waals surface area contributed by atoms with Gasteiger partial charge in [0.25, 0.3) is 5.91 Å². The minimum atomic E-state index is -0.820. The highest BCUT2D eigenvalue weighted by molar-refractivity contribution is 6.07. The summed E-state index contributed by atoms with van der Waals surface area (Å²) < 4.78 is 16.5. The summed E-state index contributed by atoms with van der Waals surface area (Å²) in [7, 11) is 1.63. The van der Waals surface area contributed by atoms with E-state index < -0.39 is 5.54 Å². The van der Waals surface area contributed by atoms with Crippen LogP contribution in [-0.4, -0.2) is 49.4 Å². The van der Waals surface area contributed by atoms with Crippen molar-refractivity contribution in [1.82, 2.24) is 15.5 Å². The van der Waals surface area contributed by atoms with Gasteiger partial charge in [-0.3, -0.25) is 15.0 Å². The smallest absolute Gasteiger partial charge is 0.322 e. The van der Waals surface area contributed by atoms with Crippen LogP contribution in [0.2, 0.25) is 0 Å². The van der Waals surface area contributed by atoms with Gasteiger partial charge < -0.3 is 19.5 Å². The number of carbonyl (C=O) groups is 2. The van der Waals surface area contributed by atoms with Gasteiger partial charge in [0, 0.05) is 6.54 Å². The largest absolute Gasteiger partial charge is 0.493 e. The lowest BCUT2D eigenvalue weighted by atomic mass is 9.74. The molecule has 8 heteroatoms. The molecule has 34 heavy (non-hydrogen) atoms. The number of nitrogens with one attached hydrogen (secondary N) is 2. The molecule has 2 fully saturated rings. The molecule has 0 radical (unpaired) electrons. The Bertz CT molecular complexity index is 1050. The van der Waals surface area contributed by atoms with Gasteiger partial charge in [0.1, 0.15) is 5.54 Å². The Balaban J connectivity index is 1.22. The predicted molar refractivity (Wildman–Crippen MR) is 126 cm³/mol. The van der Waals surface area contributed by atoms with Gasteiger partial charge in [-0.15, -0.1) is 0 Å². The van der Waals surface area contributed by atoms with E-state index in [4.69, 9.17) is 14.2 Å². The standard InChI is InChI=1S/C26H31N3O5/c1-32-21-14-19(15-22-23(21)34-17-33-22)16-29-12-9-20(10-13-29)26(24(30)27-25(31)28-26)11-5-8-18-6-3-2-4-7-18/h2-4,6-7,14-15,20H,5,8-13,16-17H2,1H3,(H2,27,28,30,31). The van der Waals surface area contributed by atoms with Gasteiger partial charge in [0.05, 0.1) is 7.11 Å². The highest BCUT2D eigenvalue weighted by Gasteiger charge is 2.51. The second-order valence-electron chi connectivity index (χ2n) is 9.30. The van der Waals surface area contributed by atoms with Crippen molar-refractivity contribution in [2.45, 2.75) is 44.2 Å². The molecule has 2 aromatic carbocycles. The Morgan fingerprint density at radius 2 is 1.88 bits per heavy atom. The molecule has 0 aromatic heterocycles. The average Bonchev–Trinajstić information content (AvgIpc) is 3.43. The molecule has 2 aromatic rings. The molecule has 1 unspecified atom stereocenters. The zero-order valence-corrected chi connectivity index (χ0v) is 19.5. The third-order valence-electron chi connectivity index (χ3n) is 7.26. The van der Waals surface area contributed by atoms with E-state index in [1.54, 1.807) is 7.11 Å². The Kier molecular flexibility index (Phi) is 6.32. The number of piperidine rings is 1. The van der Waals surface area contributed by atoms with E-state index in [0.717, 1.165) is 50.9 Å². The van der Waals surface area contributed by atoms with Crippen LogP contribution in [0, 0.1) is 5.92 Å². The molecule has 3 heterocycles. The molecule has 180 valence electrons. The van der Waals surface area contributed by atoms with Gasteiger partial charge in [-0.25, -0.2) is 4.79 Å². The van der Waals surface area contributed by atoms with Crippen LogP contribution in [0.25, 0.3) is 0 Å². The number of nitrogens with zero attached hydrogens (tertiary/aromatic N) is 1. The van der Waals surface area contributed by atoms with Gasteiger partial charge in [-0.1, -0.05) is 30.3 Å². The number of methoxy groups -OCH3 is 1. The second kappa shape index (κ2) is 9.54. The minimum absolute atomic E-state index is 0.109. The average molecular weight is 466 g/mol. The first-order valence-electron chi connectivity index (χ1n) is 11.9. The molecule has 8 nitrogen and oxygen atoms in total. The molecule has 2 N–H and O–H groups in total. The van der Waals surface area contributed by atoms with E-state index in [2.05, 4.69) is 27.7 Å². The number of aryl methyl sites for hydroxylation is 1. The van der Waals surface area contributed by atoms with Crippen LogP contribution in [0.1, 0.15) is 36.8 Å². The monoisotopic (exact) mass is 465 g/mol. The molecule has 2 saturated heterocycles. The van der Waals surface area contributed by atoms with Crippen molar-refractivity contribution in [3.05, 3.63) is 53.6 Å². The minimum Gasteiger partial charge on any atom is -0.493 e. The number of amides is 3. The highest BCUT2D eigenvalue weighted by Crippen LogP contribution is 2.42. The molecule has 3 aliphatic rings. The van der Waals surface area contributed by atoms with E-state index in [1.165, 1.54) is 5.56 Å². The van der Waals surface area contributed by atoms with E-state index >= 15 is 0 Å². The van der Waals surface area contributed by atoms with Crippen molar-refractivity contribution in [3.8, 4) is 17.2 Å². The predicted octanol–water partition coefficient (Wildman–Crippen LogP) is 3.24. The number of imide groups is 1. The maximum absolute atomic E-state index is 13.0. The SMILES string of the molecule is COc1cc(CN2CCC(C3(CCCc4ccccc4)NC(=O)NC3=O)CC2)cc2c1OCO2. The van der Waals surface area contributed by atoms with Crippen molar-refractivity contribution in [3.63, 3.8) is 0 Å². The molecule has 0 spiro atoms. The highest BCUT2D eigenvalue weighted by atomic mass is 16.7. The molecule has 3 aliphatic heterocycles. The summed E-state index contributed by atoms with van der Waals surface area (Å²) in [5.74, 6) is 1.99. The number of likely N-dealkylation sites (tertiary alicyclic amines) is 1. The normalized spacial score (nSPS) is 22.5. The van der Waals surface area contributed by atoms with Crippen LogP contribution in [0.4, 0.5) is 4.79 Å². The summed E-state index contributed by atoms with van der Waals surface area (Å²) in [6.07, 6.45) is 4.07. The Hall–Kier alpha value is -3.26. The van der Waals surface area contributed by atoms with Crippen LogP contribution in [0.15, 0.2) is 42.5 Å². The lowest BCUT2D eigenvalue weighted by Crippen LogP contribution is -2.56. The lowest BCUT2D eigenvalue weighted by molar-refractivity contribution is -0.127. The van der Waals surface area contributed by atoms with Crippen molar-refractivity contribution in [1.29, 1.82) is 0 Å². The van der Waals surface area contributed by atoms with Crippen molar-refractivity contribution < 1.29 is 23.8 Å². The van der Waals surface area contributed by atoms with Crippen molar-refractivity contribution >= 4 is 11.9 Å². The summed E-state index contributed by atoms with van der Waals surface area (Å²) in [6, 6.07) is 13.9. The third kappa shape index (κ3) is 4.42. The first-order chi connectivity index (χ1) is 16.6. The van der Waals surface area contributed by atoms with Gasteiger partial charge in [0.2, 0.25) is 12.5 Å². The molecule has 3 amide bonds. The van der Waals surface area contributed by atoms with Crippen LogP contribution in [-0.2, 0) is 17.8 Å². The van der Waals surface area contributed by atoms with Gasteiger partial charge in [-0.05, 0) is 74.4 Å². The lowest BCUT2D eigenvalue weighted by Gasteiger charge is -2.40. The quantitative estimate of drug-likeness (QED) is 0.582. The Morgan fingerprint density at radius 3 is 2.59 bits per heavy atom. The summed E-state index contributed by atoms with van der Waals surface area (Å²) in [4.78, 5) is 27.4. The summed E-state index contributed by atoms with van der Waals surface area (Å²) in [5, 5.41) is 5.51. The fourth-order valence-corrected chi connectivity index (χ4v) is 5.51. The number of hydrogen-bond acceptors (Lipinski definition) is 6. The Labute approximate surface area is 199 Å². The summed E-state index contributed by atoms with van der Waals surface area (Å²) in [5.41, 5.74) is 1.53. The van der Waals surface area contributed by atoms with Crippen LogP contribution in [0.5, 0.6) is 17.2 Å². The zero-order valence-electron chi connectivity index (χ0n) is 19.5. The maximum Gasteiger partial charge on any atom is 0.322 e. The summed E-state index contributed by atoms with van der Waals surface area (Å²) in [6.45, 7) is 2.68.